The van der Waals surface area contributed by atoms with E-state index in [2.05, 4.69) is 20.9 Å². The van der Waals surface area contributed by atoms with Gasteiger partial charge in [-0.2, -0.15) is 0 Å². The molecule has 0 aliphatic rings. The lowest BCUT2D eigenvalue weighted by Crippen LogP contribution is -2.15. The van der Waals surface area contributed by atoms with Gasteiger partial charge in [0.1, 0.15) is 0 Å². The van der Waals surface area contributed by atoms with E-state index in [9.17, 15) is 9.59 Å². The second-order valence-electron chi connectivity index (χ2n) is 5.97. The Labute approximate surface area is 157 Å². The molecule has 3 rings (SSSR count). The van der Waals surface area contributed by atoms with E-state index in [0.717, 1.165) is 11.3 Å². The van der Waals surface area contributed by atoms with Crippen molar-refractivity contribution in [3.63, 3.8) is 0 Å². The summed E-state index contributed by atoms with van der Waals surface area (Å²) in [6.07, 6.45) is 3.47. The lowest BCUT2D eigenvalue weighted by Gasteiger charge is -2.13. The van der Waals surface area contributed by atoms with Gasteiger partial charge in [-0.3, -0.25) is 14.6 Å². The SMILES string of the molecule is CC(=O)Nc1cccc(NC(=O)c2ccccc2NCc2ccncc2)c1. The minimum atomic E-state index is -0.229. The first kappa shape index (κ1) is 18.1. The predicted octanol–water partition coefficient (Wildman–Crippen LogP) is 3.90. The summed E-state index contributed by atoms with van der Waals surface area (Å²) in [7, 11) is 0. The van der Waals surface area contributed by atoms with Crippen LogP contribution < -0.4 is 16.0 Å². The number of benzene rings is 2. The second-order valence-corrected chi connectivity index (χ2v) is 5.97. The van der Waals surface area contributed by atoms with E-state index in [1.807, 2.05) is 30.3 Å². The summed E-state index contributed by atoms with van der Waals surface area (Å²) in [5, 5.41) is 8.86. The van der Waals surface area contributed by atoms with Crippen molar-refractivity contribution in [2.24, 2.45) is 0 Å². The van der Waals surface area contributed by atoms with Crippen LogP contribution in [0.4, 0.5) is 17.1 Å². The smallest absolute Gasteiger partial charge is 0.257 e. The van der Waals surface area contributed by atoms with Crippen molar-refractivity contribution in [1.82, 2.24) is 4.98 Å². The molecule has 0 unspecified atom stereocenters. The van der Waals surface area contributed by atoms with E-state index >= 15 is 0 Å². The molecule has 0 saturated heterocycles. The molecule has 6 heteroatoms. The van der Waals surface area contributed by atoms with Crippen molar-refractivity contribution < 1.29 is 9.59 Å². The van der Waals surface area contributed by atoms with Crippen molar-refractivity contribution >= 4 is 28.9 Å². The van der Waals surface area contributed by atoms with Gasteiger partial charge in [-0.15, -0.1) is 0 Å². The average molecular weight is 360 g/mol. The number of nitrogens with one attached hydrogen (secondary N) is 3. The number of rotatable bonds is 6. The number of carbonyl (C=O) groups is 2. The van der Waals surface area contributed by atoms with Crippen molar-refractivity contribution in [3.05, 3.63) is 84.2 Å². The number of aromatic nitrogens is 1. The molecule has 0 radical (unpaired) electrons. The fourth-order valence-electron chi connectivity index (χ4n) is 2.61. The molecule has 0 bridgehead atoms. The van der Waals surface area contributed by atoms with Crippen LogP contribution in [0.15, 0.2) is 73.1 Å². The van der Waals surface area contributed by atoms with E-state index in [-0.39, 0.29) is 11.8 Å². The first-order valence-electron chi connectivity index (χ1n) is 8.52. The molecule has 0 aliphatic heterocycles. The van der Waals surface area contributed by atoms with Gasteiger partial charge in [0.2, 0.25) is 5.91 Å². The molecule has 0 saturated carbocycles. The Hall–Kier alpha value is -3.67. The van der Waals surface area contributed by atoms with Gasteiger partial charge in [0.15, 0.2) is 0 Å². The van der Waals surface area contributed by atoms with Crippen LogP contribution in [-0.4, -0.2) is 16.8 Å². The summed E-state index contributed by atoms with van der Waals surface area (Å²) in [6.45, 7) is 2.03. The summed E-state index contributed by atoms with van der Waals surface area (Å²) in [6, 6.07) is 18.2. The quantitative estimate of drug-likeness (QED) is 0.622. The summed E-state index contributed by atoms with van der Waals surface area (Å²) in [5.41, 5.74) is 3.59. The monoisotopic (exact) mass is 360 g/mol. The summed E-state index contributed by atoms with van der Waals surface area (Å²) < 4.78 is 0. The van der Waals surface area contributed by atoms with Crippen molar-refractivity contribution in [2.75, 3.05) is 16.0 Å². The molecule has 27 heavy (non-hydrogen) atoms. The molecule has 2 amide bonds. The normalized spacial score (nSPS) is 10.1. The van der Waals surface area contributed by atoms with E-state index in [1.54, 1.807) is 42.7 Å². The topological polar surface area (TPSA) is 83.1 Å². The number of anilines is 3. The summed E-state index contributed by atoms with van der Waals surface area (Å²) in [4.78, 5) is 27.9. The van der Waals surface area contributed by atoms with Gasteiger partial charge < -0.3 is 16.0 Å². The molecule has 0 fully saturated rings. The number of pyridine rings is 1. The van der Waals surface area contributed by atoms with Crippen LogP contribution in [0, 0.1) is 0 Å². The van der Waals surface area contributed by atoms with Gasteiger partial charge in [0, 0.05) is 42.9 Å². The van der Waals surface area contributed by atoms with Gasteiger partial charge in [-0.1, -0.05) is 18.2 Å². The molecule has 6 nitrogen and oxygen atoms in total. The molecular weight excluding hydrogens is 340 g/mol. The molecule has 1 heterocycles. The highest BCUT2D eigenvalue weighted by molar-refractivity contribution is 6.08. The molecule has 0 atom stereocenters. The van der Waals surface area contributed by atoms with Crippen LogP contribution in [0.2, 0.25) is 0 Å². The Morgan fingerprint density at radius 1 is 0.889 bits per heavy atom. The van der Waals surface area contributed by atoms with Gasteiger partial charge in [0.25, 0.3) is 5.91 Å². The number of hydrogen-bond donors (Lipinski definition) is 3. The van der Waals surface area contributed by atoms with E-state index in [1.165, 1.54) is 6.92 Å². The van der Waals surface area contributed by atoms with E-state index in [0.29, 0.717) is 23.5 Å². The van der Waals surface area contributed by atoms with Crippen LogP contribution >= 0.6 is 0 Å². The maximum Gasteiger partial charge on any atom is 0.257 e. The maximum atomic E-state index is 12.7. The van der Waals surface area contributed by atoms with Gasteiger partial charge in [-0.05, 0) is 48.0 Å². The van der Waals surface area contributed by atoms with Gasteiger partial charge in [-0.25, -0.2) is 0 Å². The third-order valence-electron chi connectivity index (χ3n) is 3.84. The lowest BCUT2D eigenvalue weighted by molar-refractivity contribution is -0.114. The van der Waals surface area contributed by atoms with Crippen molar-refractivity contribution in [1.29, 1.82) is 0 Å². The van der Waals surface area contributed by atoms with Crippen molar-refractivity contribution in [2.45, 2.75) is 13.5 Å². The molecule has 136 valence electrons. The summed E-state index contributed by atoms with van der Waals surface area (Å²) >= 11 is 0. The van der Waals surface area contributed by atoms with E-state index < -0.39 is 0 Å². The highest BCUT2D eigenvalue weighted by atomic mass is 16.2. The third-order valence-corrected chi connectivity index (χ3v) is 3.84. The van der Waals surface area contributed by atoms with Crippen LogP contribution in [0.25, 0.3) is 0 Å². The second kappa shape index (κ2) is 8.62. The minimum absolute atomic E-state index is 0.163. The fraction of sp³-hybridized carbons (Fsp3) is 0.0952. The molecule has 3 N–H and O–H groups in total. The largest absolute Gasteiger partial charge is 0.380 e. The number of hydrogen-bond acceptors (Lipinski definition) is 4. The Kier molecular flexibility index (Phi) is 5.79. The molecule has 3 aromatic rings. The maximum absolute atomic E-state index is 12.7. The highest BCUT2D eigenvalue weighted by Gasteiger charge is 2.11. The van der Waals surface area contributed by atoms with Gasteiger partial charge in [0.05, 0.1) is 5.56 Å². The minimum Gasteiger partial charge on any atom is -0.380 e. The van der Waals surface area contributed by atoms with Crippen LogP contribution in [0.1, 0.15) is 22.8 Å². The zero-order valence-corrected chi connectivity index (χ0v) is 14.9. The van der Waals surface area contributed by atoms with Crippen LogP contribution in [-0.2, 0) is 11.3 Å². The first-order chi connectivity index (χ1) is 13.1. The molecule has 0 aliphatic carbocycles. The van der Waals surface area contributed by atoms with Gasteiger partial charge >= 0.3 is 0 Å². The lowest BCUT2D eigenvalue weighted by atomic mass is 10.1. The Morgan fingerprint density at radius 2 is 1.59 bits per heavy atom. The zero-order chi connectivity index (χ0) is 19.1. The summed E-state index contributed by atoms with van der Waals surface area (Å²) in [5.74, 6) is -0.392. The standard InChI is InChI=1S/C21H20N4O2/c1-15(26)24-17-5-4-6-18(13-17)25-21(27)19-7-2-3-8-20(19)23-14-16-9-11-22-12-10-16/h2-13,23H,14H2,1H3,(H,24,26)(H,25,27). The number of para-hydroxylation sites is 1. The molecular formula is C21H20N4O2. The Bertz CT molecular complexity index is 942. The third kappa shape index (κ3) is 5.15. The molecule has 2 aromatic carbocycles. The fourth-order valence-corrected chi connectivity index (χ4v) is 2.61. The van der Waals surface area contributed by atoms with E-state index in [4.69, 9.17) is 0 Å². The number of nitrogens with zero attached hydrogens (tertiary/aromatic N) is 1. The zero-order valence-electron chi connectivity index (χ0n) is 14.9. The molecule has 0 spiro atoms. The number of carbonyl (C=O) groups excluding carboxylic acids is 2. The molecule has 1 aromatic heterocycles. The highest BCUT2D eigenvalue weighted by Crippen LogP contribution is 2.20. The first-order valence-corrected chi connectivity index (χ1v) is 8.52. The Balaban J connectivity index is 1.72. The number of amides is 2. The predicted molar refractivity (Wildman–Crippen MR) is 107 cm³/mol. The Morgan fingerprint density at radius 3 is 2.33 bits per heavy atom. The van der Waals surface area contributed by atoms with Crippen LogP contribution in [0.3, 0.4) is 0 Å². The average Bonchev–Trinajstić information content (AvgIpc) is 2.67. The van der Waals surface area contributed by atoms with Crippen molar-refractivity contribution in [3.8, 4) is 0 Å². The van der Waals surface area contributed by atoms with Crippen LogP contribution in [0.5, 0.6) is 0 Å².